The lowest BCUT2D eigenvalue weighted by molar-refractivity contribution is 0.0912. The molecule has 5 nitrogen and oxygen atoms in total. The summed E-state index contributed by atoms with van der Waals surface area (Å²) < 4.78 is 62.6. The number of anilines is 1. The minimum absolute atomic E-state index is 0.0182. The van der Waals surface area contributed by atoms with Crippen molar-refractivity contribution in [2.45, 2.75) is 20.0 Å². The molecule has 1 aromatic rings. The van der Waals surface area contributed by atoms with Gasteiger partial charge in [0, 0.05) is 12.1 Å². The molecule has 118 valence electrons. The summed E-state index contributed by atoms with van der Waals surface area (Å²) in [6.45, 7) is 3.78. The van der Waals surface area contributed by atoms with Crippen molar-refractivity contribution in [2.75, 3.05) is 29.8 Å². The van der Waals surface area contributed by atoms with Crippen molar-refractivity contribution in [1.29, 1.82) is 0 Å². The fraction of sp³-hybridized carbons (Fsp3) is 0.538. The van der Waals surface area contributed by atoms with E-state index in [1.807, 2.05) is 0 Å². The summed E-state index contributed by atoms with van der Waals surface area (Å²) in [6, 6.07) is 1.70. The Hall–Kier alpha value is -1.41. The van der Waals surface area contributed by atoms with Gasteiger partial charge in [-0.05, 0) is 13.8 Å². The summed E-state index contributed by atoms with van der Waals surface area (Å²) in [5.74, 6) is -2.40. The van der Waals surface area contributed by atoms with Gasteiger partial charge in [-0.25, -0.2) is 17.2 Å². The molecule has 1 aliphatic rings. The highest BCUT2D eigenvalue weighted by Crippen LogP contribution is 2.35. The van der Waals surface area contributed by atoms with Crippen LogP contribution >= 0.6 is 0 Å². The van der Waals surface area contributed by atoms with Crippen molar-refractivity contribution in [2.24, 2.45) is 0 Å². The average Bonchev–Trinajstić information content (AvgIpc) is 2.38. The predicted octanol–water partition coefficient (Wildman–Crippen LogP) is 1.92. The van der Waals surface area contributed by atoms with E-state index in [9.17, 15) is 17.2 Å². The van der Waals surface area contributed by atoms with Gasteiger partial charge < -0.3 is 9.47 Å². The predicted molar refractivity (Wildman–Crippen MR) is 74.1 cm³/mol. The summed E-state index contributed by atoms with van der Waals surface area (Å²) in [4.78, 5) is 0. The Labute approximate surface area is 122 Å². The first-order valence-corrected chi connectivity index (χ1v) is 8.16. The highest BCUT2D eigenvalue weighted by atomic mass is 32.2. The van der Waals surface area contributed by atoms with E-state index < -0.39 is 21.7 Å². The van der Waals surface area contributed by atoms with Crippen LogP contribution in [-0.4, -0.2) is 40.0 Å². The summed E-state index contributed by atoms with van der Waals surface area (Å²) in [5.41, 5.74) is 0.0182. The van der Waals surface area contributed by atoms with Crippen LogP contribution in [0.15, 0.2) is 12.1 Å². The fourth-order valence-electron chi connectivity index (χ4n) is 1.98. The molecule has 0 amide bonds. The third kappa shape index (κ3) is 3.62. The largest absolute Gasteiger partial charge is 0.489 e. The van der Waals surface area contributed by atoms with Gasteiger partial charge in [-0.1, -0.05) is 0 Å². The Bertz CT molecular complexity index is 619. The van der Waals surface area contributed by atoms with Crippen LogP contribution in [0, 0.1) is 11.6 Å². The lowest BCUT2D eigenvalue weighted by atomic mass is 10.2. The van der Waals surface area contributed by atoms with Crippen LogP contribution < -0.4 is 9.04 Å². The normalized spacial score (nSPS) is 15.0. The van der Waals surface area contributed by atoms with Crippen molar-refractivity contribution >= 4 is 15.7 Å². The van der Waals surface area contributed by atoms with Crippen molar-refractivity contribution < 1.29 is 26.7 Å². The summed E-state index contributed by atoms with van der Waals surface area (Å²) >= 11 is 0. The molecule has 1 aliphatic heterocycles. The van der Waals surface area contributed by atoms with Gasteiger partial charge >= 0.3 is 0 Å². The maximum absolute atomic E-state index is 13.3. The van der Waals surface area contributed by atoms with Crippen LogP contribution in [-0.2, 0) is 14.8 Å². The maximum atomic E-state index is 13.3. The minimum atomic E-state index is -3.68. The van der Waals surface area contributed by atoms with Crippen LogP contribution in [0.3, 0.4) is 0 Å². The second kappa shape index (κ2) is 6.15. The Morgan fingerprint density at radius 2 is 2.00 bits per heavy atom. The summed E-state index contributed by atoms with van der Waals surface area (Å²) in [5, 5.41) is 0. The molecule has 0 spiro atoms. The number of halogens is 2. The lowest BCUT2D eigenvalue weighted by Gasteiger charge is -2.30. The fourth-order valence-corrected chi connectivity index (χ4v) is 3.30. The number of fused-ring (bicyclic) bond motifs is 1. The summed E-state index contributed by atoms with van der Waals surface area (Å²) in [7, 11) is -3.68. The third-order valence-corrected chi connectivity index (χ3v) is 4.68. The first-order valence-electron chi connectivity index (χ1n) is 6.55. The van der Waals surface area contributed by atoms with E-state index in [0.717, 1.165) is 16.4 Å². The lowest BCUT2D eigenvalue weighted by Crippen LogP contribution is -2.40. The molecule has 0 radical (unpaired) electrons. The minimum Gasteiger partial charge on any atom is -0.489 e. The zero-order chi connectivity index (χ0) is 15.6. The molecule has 0 N–H and O–H groups in total. The molecular formula is C13H17F2NO4S. The molecule has 0 aromatic heterocycles. The van der Waals surface area contributed by atoms with Crippen molar-refractivity contribution in [1.82, 2.24) is 0 Å². The molecule has 1 heterocycles. The molecule has 8 heteroatoms. The SMILES string of the molecule is CC(C)OCCS(=O)(=O)N1CCOc2cc(F)c(F)cc21. The molecule has 2 rings (SSSR count). The first-order chi connectivity index (χ1) is 9.81. The van der Waals surface area contributed by atoms with E-state index in [0.29, 0.717) is 0 Å². The van der Waals surface area contributed by atoms with Crippen LogP contribution in [0.4, 0.5) is 14.5 Å². The van der Waals surface area contributed by atoms with Gasteiger partial charge in [0.2, 0.25) is 10.0 Å². The quantitative estimate of drug-likeness (QED) is 0.831. The van der Waals surface area contributed by atoms with Gasteiger partial charge in [-0.15, -0.1) is 0 Å². The molecular weight excluding hydrogens is 304 g/mol. The third-order valence-electron chi connectivity index (χ3n) is 2.95. The smallest absolute Gasteiger partial charge is 0.237 e. The van der Waals surface area contributed by atoms with Gasteiger partial charge in [0.15, 0.2) is 11.6 Å². The topological polar surface area (TPSA) is 55.8 Å². The van der Waals surface area contributed by atoms with Gasteiger partial charge in [0.25, 0.3) is 0 Å². The van der Waals surface area contributed by atoms with Crippen LogP contribution in [0.25, 0.3) is 0 Å². The van der Waals surface area contributed by atoms with Crippen LogP contribution in [0.2, 0.25) is 0 Å². The summed E-state index contributed by atoms with van der Waals surface area (Å²) in [6.07, 6.45) is -0.0799. The van der Waals surface area contributed by atoms with E-state index in [-0.39, 0.29) is 43.1 Å². The van der Waals surface area contributed by atoms with Crippen molar-refractivity contribution in [3.8, 4) is 5.75 Å². The number of ether oxygens (including phenoxy) is 2. The van der Waals surface area contributed by atoms with E-state index >= 15 is 0 Å². The number of sulfonamides is 1. The Kier molecular flexibility index (Phi) is 4.67. The number of nitrogens with zero attached hydrogens (tertiary/aromatic N) is 1. The van der Waals surface area contributed by atoms with Gasteiger partial charge in [0.1, 0.15) is 12.4 Å². The van der Waals surface area contributed by atoms with Gasteiger partial charge in [-0.3, -0.25) is 4.31 Å². The Morgan fingerprint density at radius 1 is 1.33 bits per heavy atom. The van der Waals surface area contributed by atoms with Crippen molar-refractivity contribution in [3.63, 3.8) is 0 Å². The molecule has 0 unspecified atom stereocenters. The Balaban J connectivity index is 2.24. The molecule has 0 saturated carbocycles. The van der Waals surface area contributed by atoms with E-state index in [1.165, 1.54) is 0 Å². The molecule has 1 aromatic carbocycles. The monoisotopic (exact) mass is 321 g/mol. The number of hydrogen-bond donors (Lipinski definition) is 0. The molecule has 0 saturated heterocycles. The standard InChI is InChI=1S/C13H17F2NO4S/c1-9(2)19-5-6-21(17,18)16-3-4-20-13-8-11(15)10(14)7-12(13)16/h7-9H,3-6H2,1-2H3. The number of hydrogen-bond acceptors (Lipinski definition) is 4. The molecule has 0 bridgehead atoms. The van der Waals surface area contributed by atoms with Gasteiger partial charge in [-0.2, -0.15) is 0 Å². The molecule has 0 aliphatic carbocycles. The maximum Gasteiger partial charge on any atom is 0.237 e. The number of rotatable bonds is 5. The van der Waals surface area contributed by atoms with E-state index in [2.05, 4.69) is 0 Å². The first kappa shape index (κ1) is 16.0. The second-order valence-electron chi connectivity index (χ2n) is 4.89. The molecule has 21 heavy (non-hydrogen) atoms. The Morgan fingerprint density at radius 3 is 2.67 bits per heavy atom. The zero-order valence-corrected chi connectivity index (χ0v) is 12.6. The molecule has 0 atom stereocenters. The number of benzene rings is 1. The van der Waals surface area contributed by atoms with Crippen LogP contribution in [0.1, 0.15) is 13.8 Å². The highest BCUT2D eigenvalue weighted by Gasteiger charge is 2.29. The average molecular weight is 321 g/mol. The van der Waals surface area contributed by atoms with E-state index in [1.54, 1.807) is 13.8 Å². The second-order valence-corrected chi connectivity index (χ2v) is 6.90. The van der Waals surface area contributed by atoms with Crippen LogP contribution in [0.5, 0.6) is 5.75 Å². The van der Waals surface area contributed by atoms with Gasteiger partial charge in [0.05, 0.1) is 30.7 Å². The van der Waals surface area contributed by atoms with E-state index in [4.69, 9.17) is 9.47 Å². The van der Waals surface area contributed by atoms with Crippen molar-refractivity contribution in [3.05, 3.63) is 23.8 Å². The molecule has 0 fully saturated rings. The highest BCUT2D eigenvalue weighted by molar-refractivity contribution is 7.92. The zero-order valence-electron chi connectivity index (χ0n) is 11.8.